The summed E-state index contributed by atoms with van der Waals surface area (Å²) in [4.78, 5) is 14.3. The van der Waals surface area contributed by atoms with Crippen LogP contribution >= 0.6 is 0 Å². The van der Waals surface area contributed by atoms with Crippen LogP contribution in [-0.4, -0.2) is 87.0 Å². The Kier molecular flexibility index (Phi) is 6.27. The fourth-order valence-corrected chi connectivity index (χ4v) is 5.41. The second-order valence-electron chi connectivity index (χ2n) is 6.20. The SMILES string of the molecule is CCS(=O)(=O)N1CCC(C(=O)N2CCN(S(=O)(=O)CC)CC2)CC1. The molecule has 2 aliphatic heterocycles. The van der Waals surface area contributed by atoms with Crippen LogP contribution in [0.3, 0.4) is 0 Å². The molecule has 2 rings (SSSR count). The normalized spacial score (nSPS) is 22.7. The lowest BCUT2D eigenvalue weighted by molar-refractivity contribution is -0.137. The van der Waals surface area contributed by atoms with Gasteiger partial charge >= 0.3 is 0 Å². The molecular weight excluding hydrogens is 354 g/mol. The Bertz CT molecular complexity index is 590. The monoisotopic (exact) mass is 381 g/mol. The Morgan fingerprint density at radius 3 is 1.62 bits per heavy atom. The molecular formula is C14H27N3O5S2. The van der Waals surface area contributed by atoms with Crippen molar-refractivity contribution in [2.75, 3.05) is 50.8 Å². The van der Waals surface area contributed by atoms with Gasteiger partial charge in [0.1, 0.15) is 0 Å². The first-order valence-electron chi connectivity index (χ1n) is 8.45. The third-order valence-corrected chi connectivity index (χ3v) is 8.63. The molecule has 24 heavy (non-hydrogen) atoms. The molecule has 140 valence electrons. The number of carbonyl (C=O) groups excluding carboxylic acids is 1. The van der Waals surface area contributed by atoms with Crippen LogP contribution < -0.4 is 0 Å². The maximum Gasteiger partial charge on any atom is 0.225 e. The molecule has 2 saturated heterocycles. The standard InChI is InChI=1S/C14H27N3O5S2/c1-3-23(19,20)16-7-5-13(6-8-16)14(18)15-9-11-17(12-10-15)24(21,22)4-2/h13H,3-12H2,1-2H3. The van der Waals surface area contributed by atoms with Gasteiger partial charge in [-0.25, -0.2) is 21.1 Å². The lowest BCUT2D eigenvalue weighted by Crippen LogP contribution is -2.53. The molecule has 2 aliphatic rings. The van der Waals surface area contributed by atoms with Crippen LogP contribution in [0, 0.1) is 5.92 Å². The fourth-order valence-electron chi connectivity index (χ4n) is 3.19. The lowest BCUT2D eigenvalue weighted by atomic mass is 9.96. The highest BCUT2D eigenvalue weighted by atomic mass is 32.2. The summed E-state index contributed by atoms with van der Waals surface area (Å²) in [6, 6.07) is 0. The number of rotatable bonds is 5. The minimum absolute atomic E-state index is 0.0251. The van der Waals surface area contributed by atoms with E-state index in [1.165, 1.54) is 8.61 Å². The molecule has 2 fully saturated rings. The van der Waals surface area contributed by atoms with Gasteiger partial charge in [0.25, 0.3) is 0 Å². The van der Waals surface area contributed by atoms with Gasteiger partial charge in [-0.1, -0.05) is 0 Å². The minimum atomic E-state index is -3.20. The summed E-state index contributed by atoms with van der Waals surface area (Å²) in [6.45, 7) is 5.50. The summed E-state index contributed by atoms with van der Waals surface area (Å²) < 4.78 is 50.3. The summed E-state index contributed by atoms with van der Waals surface area (Å²) in [5.74, 6) is 0.0184. The van der Waals surface area contributed by atoms with E-state index >= 15 is 0 Å². The molecule has 2 heterocycles. The van der Waals surface area contributed by atoms with Crippen LogP contribution in [-0.2, 0) is 24.8 Å². The van der Waals surface area contributed by atoms with Gasteiger partial charge in [0.2, 0.25) is 26.0 Å². The van der Waals surface area contributed by atoms with Crippen LogP contribution in [0.15, 0.2) is 0 Å². The maximum atomic E-state index is 12.6. The second-order valence-corrected chi connectivity index (χ2v) is 10.7. The molecule has 0 unspecified atom stereocenters. The van der Waals surface area contributed by atoms with E-state index in [2.05, 4.69) is 0 Å². The predicted octanol–water partition coefficient (Wildman–Crippen LogP) is -0.458. The number of sulfonamides is 2. The fraction of sp³-hybridized carbons (Fsp3) is 0.929. The summed E-state index contributed by atoms with van der Waals surface area (Å²) in [5, 5.41) is 0. The first kappa shape index (κ1) is 19.6. The van der Waals surface area contributed by atoms with Crippen molar-refractivity contribution in [3.63, 3.8) is 0 Å². The Morgan fingerprint density at radius 2 is 1.21 bits per heavy atom. The second kappa shape index (κ2) is 7.67. The average molecular weight is 382 g/mol. The highest BCUT2D eigenvalue weighted by Crippen LogP contribution is 2.23. The predicted molar refractivity (Wildman–Crippen MR) is 91.4 cm³/mol. The van der Waals surface area contributed by atoms with Crippen LogP contribution in [0.2, 0.25) is 0 Å². The molecule has 10 heteroatoms. The molecule has 0 bridgehead atoms. The van der Waals surface area contributed by atoms with Crippen LogP contribution in [0.25, 0.3) is 0 Å². The van der Waals surface area contributed by atoms with Gasteiger partial charge in [0.05, 0.1) is 11.5 Å². The van der Waals surface area contributed by atoms with Crippen LogP contribution in [0.4, 0.5) is 0 Å². The van der Waals surface area contributed by atoms with E-state index in [9.17, 15) is 21.6 Å². The van der Waals surface area contributed by atoms with Crippen molar-refractivity contribution in [1.82, 2.24) is 13.5 Å². The van der Waals surface area contributed by atoms with Gasteiger partial charge in [-0.2, -0.15) is 4.31 Å². The Hall–Kier alpha value is -0.710. The van der Waals surface area contributed by atoms with Crippen molar-refractivity contribution in [3.8, 4) is 0 Å². The summed E-state index contributed by atoms with van der Waals surface area (Å²) >= 11 is 0. The van der Waals surface area contributed by atoms with Gasteiger partial charge in [-0.05, 0) is 26.7 Å². The van der Waals surface area contributed by atoms with Gasteiger partial charge in [-0.15, -0.1) is 0 Å². The highest BCUT2D eigenvalue weighted by Gasteiger charge is 2.34. The van der Waals surface area contributed by atoms with Gasteiger partial charge in [0.15, 0.2) is 0 Å². The number of carbonyl (C=O) groups is 1. The Labute approximate surface area is 144 Å². The van der Waals surface area contributed by atoms with Crippen molar-refractivity contribution in [1.29, 1.82) is 0 Å². The van der Waals surface area contributed by atoms with Crippen LogP contribution in [0.1, 0.15) is 26.7 Å². The van der Waals surface area contributed by atoms with Crippen LogP contribution in [0.5, 0.6) is 0 Å². The largest absolute Gasteiger partial charge is 0.340 e. The van der Waals surface area contributed by atoms with E-state index in [1.54, 1.807) is 18.7 Å². The summed E-state index contributed by atoms with van der Waals surface area (Å²) in [6.07, 6.45) is 1.07. The molecule has 1 amide bonds. The molecule has 0 spiro atoms. The minimum Gasteiger partial charge on any atom is -0.340 e. The molecule has 0 aromatic carbocycles. The maximum absolute atomic E-state index is 12.6. The van der Waals surface area contributed by atoms with Crippen molar-refractivity contribution < 1.29 is 21.6 Å². The number of hydrogen-bond donors (Lipinski definition) is 0. The molecule has 0 radical (unpaired) electrons. The summed E-state index contributed by atoms with van der Waals surface area (Å²) in [5.41, 5.74) is 0. The number of nitrogens with zero attached hydrogens (tertiary/aromatic N) is 3. The molecule has 0 saturated carbocycles. The van der Waals surface area contributed by atoms with Gasteiger partial charge in [-0.3, -0.25) is 4.79 Å². The van der Waals surface area contributed by atoms with Crippen molar-refractivity contribution in [2.24, 2.45) is 5.92 Å². The average Bonchev–Trinajstić information content (AvgIpc) is 2.61. The number of piperazine rings is 1. The summed E-state index contributed by atoms with van der Waals surface area (Å²) in [7, 11) is -6.39. The zero-order valence-electron chi connectivity index (χ0n) is 14.3. The van der Waals surface area contributed by atoms with E-state index in [1.807, 2.05) is 0 Å². The lowest BCUT2D eigenvalue weighted by Gasteiger charge is -2.37. The molecule has 0 aromatic heterocycles. The number of piperidine rings is 1. The highest BCUT2D eigenvalue weighted by molar-refractivity contribution is 7.89. The zero-order chi connectivity index (χ0) is 18.0. The Morgan fingerprint density at radius 1 is 0.792 bits per heavy atom. The zero-order valence-corrected chi connectivity index (χ0v) is 16.0. The molecule has 0 aliphatic carbocycles. The molecule has 8 nitrogen and oxygen atoms in total. The topological polar surface area (TPSA) is 95.1 Å². The van der Waals surface area contributed by atoms with E-state index in [0.29, 0.717) is 52.1 Å². The molecule has 0 atom stereocenters. The van der Waals surface area contributed by atoms with E-state index in [-0.39, 0.29) is 23.3 Å². The van der Waals surface area contributed by atoms with Crippen molar-refractivity contribution >= 4 is 26.0 Å². The van der Waals surface area contributed by atoms with E-state index in [4.69, 9.17) is 0 Å². The smallest absolute Gasteiger partial charge is 0.225 e. The molecule has 0 aromatic rings. The van der Waals surface area contributed by atoms with Crippen molar-refractivity contribution in [3.05, 3.63) is 0 Å². The van der Waals surface area contributed by atoms with E-state index < -0.39 is 20.0 Å². The number of hydrogen-bond acceptors (Lipinski definition) is 5. The quantitative estimate of drug-likeness (QED) is 0.642. The molecule has 0 N–H and O–H groups in total. The first-order valence-corrected chi connectivity index (χ1v) is 11.7. The third kappa shape index (κ3) is 4.27. The first-order chi connectivity index (χ1) is 11.2. The number of amides is 1. The Balaban J connectivity index is 1.87. The van der Waals surface area contributed by atoms with Gasteiger partial charge in [0, 0.05) is 45.2 Å². The van der Waals surface area contributed by atoms with E-state index in [0.717, 1.165) is 0 Å². The van der Waals surface area contributed by atoms with Gasteiger partial charge < -0.3 is 4.90 Å². The van der Waals surface area contributed by atoms with Crippen molar-refractivity contribution in [2.45, 2.75) is 26.7 Å². The third-order valence-electron chi connectivity index (χ3n) is 4.87.